The van der Waals surface area contributed by atoms with E-state index in [1.807, 2.05) is 0 Å². The minimum absolute atomic E-state index is 1.34. The van der Waals surface area contributed by atoms with Gasteiger partial charge < -0.3 is 0 Å². The van der Waals surface area contributed by atoms with Gasteiger partial charge in [0.05, 0.1) is 0 Å². The molecule has 0 atom stereocenters. The van der Waals surface area contributed by atoms with Crippen LogP contribution < -0.4 is 0 Å². The van der Waals surface area contributed by atoms with Gasteiger partial charge in [-0.2, -0.15) is 26.0 Å². The lowest BCUT2D eigenvalue weighted by molar-refractivity contribution is -0.168. The van der Waals surface area contributed by atoms with E-state index in [9.17, 15) is 30.4 Å². The first-order chi connectivity index (χ1) is 7.47. The van der Waals surface area contributed by atoms with Crippen LogP contribution in [0.4, 0.5) is 22.0 Å². The van der Waals surface area contributed by atoms with Crippen molar-refractivity contribution in [2.45, 2.75) is 44.3 Å². The molecule has 0 amide bonds. The fraction of sp³-hybridized carbons (Fsp3) is 1.00. The van der Waals surface area contributed by atoms with E-state index in [2.05, 4.69) is 13.8 Å². The molecule has 0 aliphatic carbocycles. The van der Waals surface area contributed by atoms with E-state index < -0.39 is 28.0 Å². The molecule has 0 unspecified atom stereocenters. The quantitative estimate of drug-likeness (QED) is 0.623. The molecule has 17 heavy (non-hydrogen) atoms. The van der Waals surface area contributed by atoms with Crippen molar-refractivity contribution in [1.29, 1.82) is 0 Å². The molecule has 106 valence electrons. The Kier molecular flexibility index (Phi) is 7.89. The van der Waals surface area contributed by atoms with Crippen LogP contribution in [-0.4, -0.2) is 30.8 Å². The van der Waals surface area contributed by atoms with E-state index in [4.69, 9.17) is 4.55 Å². The zero-order chi connectivity index (χ0) is 14.3. The fourth-order valence-electron chi connectivity index (χ4n) is 0.620. The van der Waals surface area contributed by atoms with Gasteiger partial charge in [0.25, 0.3) is 0 Å². The molecular weight excluding hydrogens is 271 g/mol. The Morgan fingerprint density at radius 1 is 1.06 bits per heavy atom. The number of unbranched alkanes of at least 4 members (excludes halogenated alkanes) is 2. The Morgan fingerprint density at radius 3 is 1.47 bits per heavy atom. The van der Waals surface area contributed by atoms with E-state index in [1.165, 1.54) is 19.3 Å². The van der Waals surface area contributed by atoms with Gasteiger partial charge in [0.15, 0.2) is 6.67 Å². The van der Waals surface area contributed by atoms with E-state index in [-0.39, 0.29) is 0 Å². The summed E-state index contributed by atoms with van der Waals surface area (Å²) in [5.74, 6) is -5.42. The molecule has 0 bridgehead atoms. The van der Waals surface area contributed by atoms with Crippen molar-refractivity contribution in [2.24, 2.45) is 0 Å². The lowest BCUT2D eigenvalue weighted by Gasteiger charge is -2.20. The Hall–Kier alpha value is -0.440. The van der Waals surface area contributed by atoms with E-state index in [0.29, 0.717) is 0 Å². The summed E-state index contributed by atoms with van der Waals surface area (Å²) in [6.07, 6.45) is 4.08. The SMILES string of the molecule is CCCCC.O=S(=O)(O)C(F)(F)C(F)(F)CF. The predicted octanol–water partition coefficient (Wildman–Crippen LogP) is 3.27. The van der Waals surface area contributed by atoms with Gasteiger partial charge in [-0.3, -0.25) is 4.55 Å². The molecule has 0 saturated carbocycles. The van der Waals surface area contributed by atoms with E-state index >= 15 is 0 Å². The molecule has 0 radical (unpaired) electrons. The maximum Gasteiger partial charge on any atom is 0.434 e. The van der Waals surface area contributed by atoms with Gasteiger partial charge in [-0.05, 0) is 0 Å². The monoisotopic (exact) mass is 286 g/mol. The van der Waals surface area contributed by atoms with Crippen molar-refractivity contribution >= 4 is 10.1 Å². The summed E-state index contributed by atoms with van der Waals surface area (Å²) in [6, 6.07) is 0. The normalized spacial score (nSPS) is 12.9. The van der Waals surface area contributed by atoms with Crippen molar-refractivity contribution in [3.63, 3.8) is 0 Å². The van der Waals surface area contributed by atoms with Gasteiger partial charge in [-0.15, -0.1) is 0 Å². The summed E-state index contributed by atoms with van der Waals surface area (Å²) in [5.41, 5.74) is 0. The van der Waals surface area contributed by atoms with Crippen LogP contribution in [0.15, 0.2) is 0 Å². The van der Waals surface area contributed by atoms with Gasteiger partial charge in [0.2, 0.25) is 0 Å². The second kappa shape index (κ2) is 7.10. The molecule has 9 heteroatoms. The predicted molar refractivity (Wildman–Crippen MR) is 52.6 cm³/mol. The van der Waals surface area contributed by atoms with Gasteiger partial charge in [-0.25, -0.2) is 4.39 Å². The van der Waals surface area contributed by atoms with Crippen molar-refractivity contribution in [3.8, 4) is 0 Å². The summed E-state index contributed by atoms with van der Waals surface area (Å²) < 4.78 is 85.3. The van der Waals surface area contributed by atoms with E-state index in [0.717, 1.165) is 0 Å². The standard InChI is InChI=1S/C5H12.C3H3F5O3S/c1-3-5-4-2;4-1-2(5,6)3(7,8)12(9,10)11/h3-5H2,1-2H3;1H2,(H,9,10,11). The molecule has 0 spiro atoms. The zero-order valence-electron chi connectivity index (χ0n) is 9.39. The number of hydrogen-bond donors (Lipinski definition) is 1. The highest BCUT2D eigenvalue weighted by atomic mass is 32.2. The van der Waals surface area contributed by atoms with Crippen molar-refractivity contribution in [2.75, 3.05) is 6.67 Å². The van der Waals surface area contributed by atoms with Crippen LogP contribution in [0.2, 0.25) is 0 Å². The molecule has 0 heterocycles. The summed E-state index contributed by atoms with van der Waals surface area (Å²) in [7, 11) is -6.30. The van der Waals surface area contributed by atoms with Crippen LogP contribution in [0, 0.1) is 0 Å². The van der Waals surface area contributed by atoms with Crippen molar-refractivity contribution in [1.82, 2.24) is 0 Å². The first-order valence-corrected chi connectivity index (χ1v) is 6.20. The van der Waals surface area contributed by atoms with Crippen LogP contribution in [0.3, 0.4) is 0 Å². The van der Waals surface area contributed by atoms with Gasteiger partial charge in [-0.1, -0.05) is 33.1 Å². The number of rotatable bonds is 5. The first kappa shape index (κ1) is 18.9. The highest BCUT2D eigenvalue weighted by molar-refractivity contribution is 7.87. The number of hydrogen-bond acceptors (Lipinski definition) is 2. The summed E-state index contributed by atoms with van der Waals surface area (Å²) >= 11 is 0. The van der Waals surface area contributed by atoms with Crippen LogP contribution in [0.5, 0.6) is 0 Å². The molecule has 0 aliphatic heterocycles. The fourth-order valence-corrected chi connectivity index (χ4v) is 1.05. The Labute approximate surface area is 96.8 Å². The molecule has 0 rings (SSSR count). The Balaban J connectivity index is 0. The maximum absolute atomic E-state index is 11.9. The molecule has 0 aromatic heterocycles. The average Bonchev–Trinajstić information content (AvgIpc) is 2.18. The molecule has 0 aromatic carbocycles. The van der Waals surface area contributed by atoms with E-state index in [1.54, 1.807) is 0 Å². The molecule has 1 N–H and O–H groups in total. The Morgan fingerprint density at radius 2 is 1.41 bits per heavy atom. The highest BCUT2D eigenvalue weighted by Crippen LogP contribution is 2.38. The van der Waals surface area contributed by atoms with Crippen LogP contribution in [-0.2, 0) is 10.1 Å². The second-order valence-electron chi connectivity index (χ2n) is 3.18. The molecule has 3 nitrogen and oxygen atoms in total. The maximum atomic E-state index is 11.9. The molecule has 0 fully saturated rings. The number of alkyl halides is 5. The minimum Gasteiger partial charge on any atom is -0.281 e. The lowest BCUT2D eigenvalue weighted by Crippen LogP contribution is -2.48. The summed E-state index contributed by atoms with van der Waals surface area (Å²) in [4.78, 5) is 0. The average molecular weight is 286 g/mol. The van der Waals surface area contributed by atoms with Gasteiger partial charge in [0.1, 0.15) is 0 Å². The smallest absolute Gasteiger partial charge is 0.281 e. The Bertz CT molecular complexity index is 300. The molecular formula is C8H15F5O3S. The number of halogens is 5. The third-order valence-electron chi connectivity index (χ3n) is 1.62. The minimum atomic E-state index is -6.30. The molecule has 0 aromatic rings. The summed E-state index contributed by atoms with van der Waals surface area (Å²) in [5, 5.41) is -5.80. The van der Waals surface area contributed by atoms with Crippen LogP contribution >= 0.6 is 0 Å². The lowest BCUT2D eigenvalue weighted by atomic mass is 10.3. The summed E-state index contributed by atoms with van der Waals surface area (Å²) in [6.45, 7) is 1.55. The first-order valence-electron chi connectivity index (χ1n) is 4.76. The van der Waals surface area contributed by atoms with Crippen LogP contribution in [0.25, 0.3) is 0 Å². The largest absolute Gasteiger partial charge is 0.434 e. The van der Waals surface area contributed by atoms with Crippen molar-refractivity contribution in [3.05, 3.63) is 0 Å². The highest BCUT2D eigenvalue weighted by Gasteiger charge is 2.65. The van der Waals surface area contributed by atoms with Crippen molar-refractivity contribution < 1.29 is 34.9 Å². The molecule has 0 aliphatic rings. The second-order valence-corrected chi connectivity index (χ2v) is 4.65. The van der Waals surface area contributed by atoms with Gasteiger partial charge >= 0.3 is 21.3 Å². The molecule has 0 saturated heterocycles. The zero-order valence-corrected chi connectivity index (χ0v) is 10.2. The third-order valence-corrected chi connectivity index (χ3v) is 2.57. The van der Waals surface area contributed by atoms with Gasteiger partial charge in [0, 0.05) is 0 Å². The third kappa shape index (κ3) is 5.62. The topological polar surface area (TPSA) is 54.4 Å². The van der Waals surface area contributed by atoms with Crippen LogP contribution in [0.1, 0.15) is 33.1 Å².